The van der Waals surface area contributed by atoms with E-state index in [9.17, 15) is 22.4 Å². The number of nitrogens with one attached hydrogen (secondary N) is 2. The summed E-state index contributed by atoms with van der Waals surface area (Å²) in [6, 6.07) is 3.95. The van der Waals surface area contributed by atoms with Gasteiger partial charge in [-0.15, -0.1) is 0 Å². The third-order valence-corrected chi connectivity index (χ3v) is 4.68. The van der Waals surface area contributed by atoms with Crippen molar-refractivity contribution in [3.8, 4) is 0 Å². The van der Waals surface area contributed by atoms with Crippen LogP contribution >= 0.6 is 0 Å². The predicted octanol–water partition coefficient (Wildman–Crippen LogP) is 4.21. The number of hydrogen-bond donors (Lipinski definition) is 2. The number of fused-ring (bicyclic) bond motifs is 1. The van der Waals surface area contributed by atoms with Crippen molar-refractivity contribution in [3.63, 3.8) is 0 Å². The molecule has 1 aliphatic heterocycles. The van der Waals surface area contributed by atoms with E-state index in [-0.39, 0.29) is 24.0 Å². The fourth-order valence-electron chi connectivity index (χ4n) is 3.00. The van der Waals surface area contributed by atoms with Crippen LogP contribution in [0.2, 0.25) is 0 Å². The van der Waals surface area contributed by atoms with Crippen LogP contribution in [0.3, 0.4) is 0 Å². The number of benzene rings is 1. The van der Waals surface area contributed by atoms with Crippen molar-refractivity contribution in [2.45, 2.75) is 51.0 Å². The highest BCUT2D eigenvalue weighted by Crippen LogP contribution is 2.43. The number of hydrogen-bond acceptors (Lipinski definition) is 3. The van der Waals surface area contributed by atoms with Gasteiger partial charge in [-0.3, -0.25) is 4.79 Å². The number of amides is 1. The molecule has 1 aromatic heterocycles. The highest BCUT2D eigenvalue weighted by atomic mass is 19.4. The first-order valence-electron chi connectivity index (χ1n) is 8.68. The van der Waals surface area contributed by atoms with Crippen molar-refractivity contribution in [2.24, 2.45) is 0 Å². The zero-order valence-corrected chi connectivity index (χ0v) is 14.8. The Labute approximate surface area is 153 Å². The zero-order valence-electron chi connectivity index (χ0n) is 14.8. The van der Waals surface area contributed by atoms with Gasteiger partial charge in [-0.25, -0.2) is 9.07 Å². The standard InChI is InChI=1S/C18H20F4N4O/c1-3-10(2)23-17(27)14-9-16-24-13(11-4-6-12(19)7-5-11)8-15(18(20,21)22)26(16)25-14/h4-7,9-10,13,15,24H,3,8H2,1-2H3,(H,23,27)/t10-,13-,15+/m0/s1. The van der Waals surface area contributed by atoms with Crippen molar-refractivity contribution in [1.29, 1.82) is 0 Å². The Morgan fingerprint density at radius 2 is 2.04 bits per heavy atom. The van der Waals surface area contributed by atoms with E-state index in [0.717, 1.165) is 4.68 Å². The largest absolute Gasteiger partial charge is 0.410 e. The molecule has 146 valence electrons. The summed E-state index contributed by atoms with van der Waals surface area (Å²) in [5.41, 5.74) is 0.454. The molecule has 1 aromatic carbocycles. The van der Waals surface area contributed by atoms with Gasteiger partial charge in [-0.05, 0) is 31.0 Å². The molecule has 2 N–H and O–H groups in total. The molecule has 0 saturated carbocycles. The van der Waals surface area contributed by atoms with E-state index in [1.807, 2.05) is 6.92 Å². The Kier molecular flexibility index (Phi) is 5.12. The Morgan fingerprint density at radius 3 is 2.63 bits per heavy atom. The van der Waals surface area contributed by atoms with Crippen molar-refractivity contribution in [1.82, 2.24) is 15.1 Å². The number of nitrogens with zero attached hydrogens (tertiary/aromatic N) is 2. The van der Waals surface area contributed by atoms with Crippen LogP contribution < -0.4 is 10.6 Å². The Bertz CT molecular complexity index is 816. The minimum Gasteiger partial charge on any atom is -0.363 e. The Balaban J connectivity index is 1.93. The second-order valence-electron chi connectivity index (χ2n) is 6.68. The number of anilines is 1. The fourth-order valence-corrected chi connectivity index (χ4v) is 3.00. The average Bonchev–Trinajstić information content (AvgIpc) is 3.04. The topological polar surface area (TPSA) is 59.0 Å². The van der Waals surface area contributed by atoms with Gasteiger partial charge in [0.1, 0.15) is 11.6 Å². The second kappa shape index (κ2) is 7.21. The molecule has 27 heavy (non-hydrogen) atoms. The van der Waals surface area contributed by atoms with E-state index in [1.165, 1.54) is 30.3 Å². The maximum absolute atomic E-state index is 13.6. The smallest absolute Gasteiger partial charge is 0.363 e. The molecule has 0 bridgehead atoms. The van der Waals surface area contributed by atoms with Crippen molar-refractivity contribution in [3.05, 3.63) is 47.4 Å². The monoisotopic (exact) mass is 384 g/mol. The summed E-state index contributed by atoms with van der Waals surface area (Å²) in [4.78, 5) is 12.2. The van der Waals surface area contributed by atoms with Gasteiger partial charge in [0.25, 0.3) is 5.91 Å². The predicted molar refractivity (Wildman–Crippen MR) is 91.9 cm³/mol. The summed E-state index contributed by atoms with van der Waals surface area (Å²) in [7, 11) is 0. The van der Waals surface area contributed by atoms with Gasteiger partial charge in [0, 0.05) is 18.5 Å². The average molecular weight is 384 g/mol. The third-order valence-electron chi connectivity index (χ3n) is 4.68. The summed E-state index contributed by atoms with van der Waals surface area (Å²) < 4.78 is 54.7. The third kappa shape index (κ3) is 4.06. The lowest BCUT2D eigenvalue weighted by Crippen LogP contribution is -2.36. The summed E-state index contributed by atoms with van der Waals surface area (Å²) in [5, 5.41) is 9.56. The summed E-state index contributed by atoms with van der Waals surface area (Å²) in [5.74, 6) is -0.879. The van der Waals surface area contributed by atoms with E-state index >= 15 is 0 Å². The Morgan fingerprint density at radius 1 is 1.37 bits per heavy atom. The fraction of sp³-hybridized carbons (Fsp3) is 0.444. The first-order chi connectivity index (χ1) is 12.7. The van der Waals surface area contributed by atoms with Crippen LogP contribution in [0.1, 0.15) is 54.8 Å². The first-order valence-corrected chi connectivity index (χ1v) is 8.68. The number of carbonyl (C=O) groups excluding carboxylic acids is 1. The summed E-state index contributed by atoms with van der Waals surface area (Å²) in [6.45, 7) is 3.69. The molecule has 1 aliphatic rings. The SMILES string of the molecule is CC[C@H](C)NC(=O)c1cc2n(n1)[C@@H](C(F)(F)F)C[C@@H](c1ccc(F)cc1)N2. The maximum Gasteiger partial charge on any atom is 0.410 e. The highest BCUT2D eigenvalue weighted by molar-refractivity contribution is 5.93. The molecule has 0 unspecified atom stereocenters. The lowest BCUT2D eigenvalue weighted by molar-refractivity contribution is -0.173. The van der Waals surface area contributed by atoms with Crippen molar-refractivity contribution in [2.75, 3.05) is 5.32 Å². The molecule has 2 heterocycles. The van der Waals surface area contributed by atoms with Gasteiger partial charge >= 0.3 is 6.18 Å². The Hall–Kier alpha value is -2.58. The van der Waals surface area contributed by atoms with Gasteiger partial charge in [-0.2, -0.15) is 18.3 Å². The van der Waals surface area contributed by atoms with Gasteiger partial charge in [-0.1, -0.05) is 19.1 Å². The van der Waals surface area contributed by atoms with Gasteiger partial charge in [0.05, 0.1) is 6.04 Å². The summed E-state index contributed by atoms with van der Waals surface area (Å²) >= 11 is 0. The quantitative estimate of drug-likeness (QED) is 0.777. The molecule has 0 spiro atoms. The van der Waals surface area contributed by atoms with Crippen LogP contribution in [0.5, 0.6) is 0 Å². The van der Waals surface area contributed by atoms with Crippen LogP contribution in [0.15, 0.2) is 30.3 Å². The highest BCUT2D eigenvalue weighted by Gasteiger charge is 2.46. The van der Waals surface area contributed by atoms with Gasteiger partial charge in [0.2, 0.25) is 0 Å². The molecule has 5 nitrogen and oxygen atoms in total. The molecule has 0 saturated heterocycles. The van der Waals surface area contributed by atoms with Crippen LogP contribution in [-0.2, 0) is 0 Å². The second-order valence-corrected chi connectivity index (χ2v) is 6.68. The number of alkyl halides is 3. The minimum absolute atomic E-state index is 0.0770. The molecule has 3 rings (SSSR count). The molecule has 9 heteroatoms. The van der Waals surface area contributed by atoms with E-state index in [4.69, 9.17) is 0 Å². The van der Waals surface area contributed by atoms with Gasteiger partial charge in [0.15, 0.2) is 11.7 Å². The minimum atomic E-state index is -4.54. The maximum atomic E-state index is 13.6. The molecule has 0 fully saturated rings. The molecular formula is C18H20F4N4O. The van der Waals surface area contributed by atoms with Crippen LogP contribution in [0.25, 0.3) is 0 Å². The normalized spacial score (nSPS) is 20.5. The number of carbonyl (C=O) groups is 1. The number of halogens is 4. The molecule has 3 atom stereocenters. The molecule has 0 radical (unpaired) electrons. The first kappa shape index (κ1) is 19.2. The molecule has 2 aromatic rings. The van der Waals surface area contributed by atoms with E-state index in [1.54, 1.807) is 6.92 Å². The van der Waals surface area contributed by atoms with E-state index in [0.29, 0.717) is 12.0 Å². The van der Waals surface area contributed by atoms with Crippen LogP contribution in [0, 0.1) is 5.82 Å². The van der Waals surface area contributed by atoms with E-state index in [2.05, 4.69) is 15.7 Å². The van der Waals surface area contributed by atoms with Crippen LogP contribution in [0.4, 0.5) is 23.4 Å². The van der Waals surface area contributed by atoms with Gasteiger partial charge < -0.3 is 10.6 Å². The van der Waals surface area contributed by atoms with Crippen molar-refractivity contribution < 1.29 is 22.4 Å². The number of aromatic nitrogens is 2. The number of rotatable bonds is 4. The zero-order chi connectivity index (χ0) is 19.8. The van der Waals surface area contributed by atoms with E-state index < -0.39 is 30.0 Å². The summed E-state index contributed by atoms with van der Waals surface area (Å²) in [6.07, 6.45) is -4.16. The lowest BCUT2D eigenvalue weighted by atomic mass is 9.97. The van der Waals surface area contributed by atoms with Crippen molar-refractivity contribution >= 4 is 11.7 Å². The molecule has 1 amide bonds. The molecular weight excluding hydrogens is 364 g/mol. The molecule has 0 aliphatic carbocycles. The van der Waals surface area contributed by atoms with Crippen LogP contribution in [-0.4, -0.2) is 27.9 Å². The lowest BCUT2D eigenvalue weighted by Gasteiger charge is -2.33.